The number of fused-ring (bicyclic) bond motifs is 1. The van der Waals surface area contributed by atoms with Crippen molar-refractivity contribution in [3.8, 4) is 0 Å². The van der Waals surface area contributed by atoms with Crippen LogP contribution in [0.3, 0.4) is 0 Å². The quantitative estimate of drug-likeness (QED) is 0.849. The molecular weight excluding hydrogens is 293 g/mol. The number of rotatable bonds is 2. The fourth-order valence-electron chi connectivity index (χ4n) is 2.48. The molecule has 0 heterocycles. The molecule has 18 heavy (non-hydrogen) atoms. The molecule has 0 radical (unpaired) electrons. The van der Waals surface area contributed by atoms with Gasteiger partial charge >= 0.3 is 0 Å². The van der Waals surface area contributed by atoms with E-state index in [1.165, 1.54) is 23.3 Å². The molecule has 1 N–H and O–H groups in total. The lowest BCUT2D eigenvalue weighted by atomic mass is 10.1. The molecule has 0 spiro atoms. The molecular formula is C15H13BrFN. The van der Waals surface area contributed by atoms with Crippen molar-refractivity contribution in [1.29, 1.82) is 0 Å². The molecule has 1 atom stereocenters. The van der Waals surface area contributed by atoms with Crippen molar-refractivity contribution in [2.24, 2.45) is 0 Å². The molecule has 1 aliphatic carbocycles. The predicted molar refractivity (Wildman–Crippen MR) is 75.2 cm³/mol. The summed E-state index contributed by atoms with van der Waals surface area (Å²) >= 11 is 3.50. The fraction of sp³-hybridized carbons (Fsp3) is 0.200. The lowest BCUT2D eigenvalue weighted by Gasteiger charge is -2.15. The Bertz CT molecular complexity index is 565. The van der Waals surface area contributed by atoms with Crippen LogP contribution in [0.1, 0.15) is 23.6 Å². The van der Waals surface area contributed by atoms with Gasteiger partial charge in [0, 0.05) is 10.2 Å². The van der Waals surface area contributed by atoms with Crippen molar-refractivity contribution < 1.29 is 4.39 Å². The Kier molecular flexibility index (Phi) is 3.08. The molecule has 92 valence electrons. The van der Waals surface area contributed by atoms with Crippen LogP contribution in [0.25, 0.3) is 0 Å². The normalized spacial score (nSPS) is 17.6. The van der Waals surface area contributed by atoms with Crippen molar-refractivity contribution >= 4 is 21.6 Å². The Labute approximate surface area is 114 Å². The van der Waals surface area contributed by atoms with Gasteiger partial charge in [-0.2, -0.15) is 0 Å². The van der Waals surface area contributed by atoms with Crippen molar-refractivity contribution in [3.05, 3.63) is 63.9 Å². The second kappa shape index (κ2) is 4.73. The molecule has 0 amide bonds. The highest BCUT2D eigenvalue weighted by Gasteiger charge is 2.22. The van der Waals surface area contributed by atoms with Crippen molar-refractivity contribution in [2.45, 2.75) is 18.9 Å². The topological polar surface area (TPSA) is 12.0 Å². The minimum absolute atomic E-state index is 0.198. The van der Waals surface area contributed by atoms with E-state index in [1.54, 1.807) is 12.1 Å². The molecule has 0 fully saturated rings. The summed E-state index contributed by atoms with van der Waals surface area (Å²) in [6.07, 6.45) is 2.18. The molecule has 0 saturated heterocycles. The minimum Gasteiger partial charge on any atom is -0.378 e. The van der Waals surface area contributed by atoms with Gasteiger partial charge in [-0.15, -0.1) is 0 Å². The van der Waals surface area contributed by atoms with Crippen LogP contribution in [0.2, 0.25) is 0 Å². The summed E-state index contributed by atoms with van der Waals surface area (Å²) in [5.41, 5.74) is 3.71. The number of halogens is 2. The first-order valence-corrected chi connectivity index (χ1v) is 6.82. The van der Waals surface area contributed by atoms with Gasteiger partial charge in [0.2, 0.25) is 0 Å². The van der Waals surface area contributed by atoms with Crippen LogP contribution in [-0.2, 0) is 6.42 Å². The highest BCUT2D eigenvalue weighted by Crippen LogP contribution is 2.35. The average molecular weight is 306 g/mol. The highest BCUT2D eigenvalue weighted by atomic mass is 79.9. The van der Waals surface area contributed by atoms with E-state index in [1.807, 2.05) is 0 Å². The van der Waals surface area contributed by atoms with Gasteiger partial charge in [0.1, 0.15) is 5.82 Å². The predicted octanol–water partition coefficient (Wildman–Crippen LogP) is 4.69. The average Bonchev–Trinajstić information content (AvgIpc) is 2.74. The molecule has 0 saturated carbocycles. The van der Waals surface area contributed by atoms with Gasteiger partial charge in [-0.25, -0.2) is 4.39 Å². The number of benzene rings is 2. The SMILES string of the molecule is Fc1ccc(NC2CCc3cc(Br)ccc32)cc1. The summed E-state index contributed by atoms with van der Waals surface area (Å²) in [6.45, 7) is 0. The maximum atomic E-state index is 12.9. The highest BCUT2D eigenvalue weighted by molar-refractivity contribution is 9.10. The zero-order valence-electron chi connectivity index (χ0n) is 9.79. The van der Waals surface area contributed by atoms with Gasteiger partial charge in [0.25, 0.3) is 0 Å². The monoisotopic (exact) mass is 305 g/mol. The lowest BCUT2D eigenvalue weighted by Crippen LogP contribution is -2.06. The molecule has 3 heteroatoms. The van der Waals surface area contributed by atoms with Crippen LogP contribution in [0.4, 0.5) is 10.1 Å². The Morgan fingerprint density at radius 3 is 2.67 bits per heavy atom. The first-order chi connectivity index (χ1) is 8.72. The third kappa shape index (κ3) is 2.27. The van der Waals surface area contributed by atoms with E-state index in [4.69, 9.17) is 0 Å². The lowest BCUT2D eigenvalue weighted by molar-refractivity contribution is 0.627. The summed E-state index contributed by atoms with van der Waals surface area (Å²) in [7, 11) is 0. The van der Waals surface area contributed by atoms with Gasteiger partial charge in [-0.05, 0) is 60.4 Å². The van der Waals surface area contributed by atoms with Crippen LogP contribution in [0.15, 0.2) is 46.9 Å². The van der Waals surface area contributed by atoms with Crippen molar-refractivity contribution in [2.75, 3.05) is 5.32 Å². The smallest absolute Gasteiger partial charge is 0.123 e. The molecule has 1 unspecified atom stereocenters. The summed E-state index contributed by atoms with van der Waals surface area (Å²) in [4.78, 5) is 0. The first-order valence-electron chi connectivity index (χ1n) is 6.03. The van der Waals surface area contributed by atoms with Gasteiger partial charge in [-0.1, -0.05) is 22.0 Å². The second-order valence-corrected chi connectivity index (χ2v) is 5.50. The summed E-state index contributed by atoms with van der Waals surface area (Å²) in [5, 5.41) is 3.46. The van der Waals surface area contributed by atoms with Crippen molar-refractivity contribution in [1.82, 2.24) is 0 Å². The summed E-state index contributed by atoms with van der Waals surface area (Å²) in [6, 6.07) is 13.3. The minimum atomic E-state index is -0.198. The van der Waals surface area contributed by atoms with E-state index in [-0.39, 0.29) is 5.82 Å². The van der Waals surface area contributed by atoms with Crippen molar-refractivity contribution in [3.63, 3.8) is 0 Å². The van der Waals surface area contributed by atoms with Crippen LogP contribution >= 0.6 is 15.9 Å². The third-order valence-electron chi connectivity index (χ3n) is 3.37. The number of nitrogens with one attached hydrogen (secondary N) is 1. The van der Waals surface area contributed by atoms with E-state index in [0.29, 0.717) is 6.04 Å². The number of hydrogen-bond acceptors (Lipinski definition) is 1. The van der Waals surface area contributed by atoms with E-state index in [9.17, 15) is 4.39 Å². The molecule has 0 aliphatic heterocycles. The van der Waals surface area contributed by atoms with Crippen LogP contribution in [0, 0.1) is 5.82 Å². The summed E-state index contributed by atoms with van der Waals surface area (Å²) < 4.78 is 14.0. The number of anilines is 1. The zero-order valence-corrected chi connectivity index (χ0v) is 11.4. The van der Waals surface area contributed by atoms with E-state index in [0.717, 1.165) is 23.0 Å². The Morgan fingerprint density at radius 2 is 1.89 bits per heavy atom. The number of hydrogen-bond donors (Lipinski definition) is 1. The molecule has 0 aromatic heterocycles. The maximum absolute atomic E-state index is 12.9. The van der Waals surface area contributed by atoms with Gasteiger partial charge < -0.3 is 5.32 Å². The maximum Gasteiger partial charge on any atom is 0.123 e. The number of aryl methyl sites for hydroxylation is 1. The fourth-order valence-corrected chi connectivity index (χ4v) is 2.89. The van der Waals surface area contributed by atoms with Crippen LogP contribution < -0.4 is 5.32 Å². The Morgan fingerprint density at radius 1 is 1.11 bits per heavy atom. The molecule has 0 bridgehead atoms. The molecule has 1 aliphatic rings. The Hall–Kier alpha value is -1.35. The molecule has 2 aromatic rings. The van der Waals surface area contributed by atoms with E-state index >= 15 is 0 Å². The standard InChI is InChI=1S/C15H13BrFN/c16-11-2-7-14-10(9-11)1-8-15(14)18-13-5-3-12(17)4-6-13/h2-7,9,15,18H,1,8H2. The van der Waals surface area contributed by atoms with Crippen LogP contribution in [0.5, 0.6) is 0 Å². The van der Waals surface area contributed by atoms with Gasteiger partial charge in [0.05, 0.1) is 6.04 Å². The van der Waals surface area contributed by atoms with E-state index in [2.05, 4.69) is 39.4 Å². The molecule has 2 aromatic carbocycles. The summed E-state index contributed by atoms with van der Waals surface area (Å²) in [5.74, 6) is -0.198. The Balaban J connectivity index is 1.82. The van der Waals surface area contributed by atoms with Gasteiger partial charge in [-0.3, -0.25) is 0 Å². The largest absolute Gasteiger partial charge is 0.378 e. The zero-order chi connectivity index (χ0) is 12.5. The van der Waals surface area contributed by atoms with Gasteiger partial charge in [0.15, 0.2) is 0 Å². The first kappa shape index (κ1) is 11.7. The molecule has 3 rings (SSSR count). The second-order valence-electron chi connectivity index (χ2n) is 4.59. The van der Waals surface area contributed by atoms with E-state index < -0.39 is 0 Å². The third-order valence-corrected chi connectivity index (χ3v) is 3.86. The van der Waals surface area contributed by atoms with Crippen LogP contribution in [-0.4, -0.2) is 0 Å². The molecule has 1 nitrogen and oxygen atoms in total.